The van der Waals surface area contributed by atoms with Gasteiger partial charge >= 0.3 is 0 Å². The lowest BCUT2D eigenvalue weighted by Gasteiger charge is -2.34. The molecule has 0 radical (unpaired) electrons. The van der Waals surface area contributed by atoms with Crippen LogP contribution < -0.4 is 14.4 Å². The summed E-state index contributed by atoms with van der Waals surface area (Å²) in [5.41, 5.74) is 2.35. The molecule has 0 spiro atoms. The molecule has 0 bridgehead atoms. The lowest BCUT2D eigenvalue weighted by molar-refractivity contribution is 0.313. The third kappa shape index (κ3) is 6.19. The number of sulfonamides is 1. The van der Waals surface area contributed by atoms with Crippen LogP contribution in [-0.4, -0.2) is 59.7 Å². The van der Waals surface area contributed by atoms with Gasteiger partial charge in [0.15, 0.2) is 0 Å². The molecule has 0 aliphatic carbocycles. The van der Waals surface area contributed by atoms with Crippen molar-refractivity contribution < 1.29 is 13.2 Å². The predicted octanol–water partition coefficient (Wildman–Crippen LogP) is 2.75. The number of anilines is 1. The lowest BCUT2D eigenvalue weighted by Crippen LogP contribution is -2.44. The molecule has 1 N–H and O–H groups in total. The smallest absolute Gasteiger partial charge is 0.240 e. The number of nitrogens with one attached hydrogen (secondary N) is 1. The summed E-state index contributed by atoms with van der Waals surface area (Å²) in [6.07, 6.45) is 1.57. The summed E-state index contributed by atoms with van der Waals surface area (Å²) < 4.78 is 33.1. The van der Waals surface area contributed by atoms with Crippen LogP contribution in [0.2, 0.25) is 0 Å². The number of likely N-dealkylation sites (N-methyl/N-ethyl adjacent to an activating group) is 1. The zero-order valence-corrected chi connectivity index (χ0v) is 18.1. The van der Waals surface area contributed by atoms with Crippen LogP contribution in [-0.2, 0) is 16.4 Å². The van der Waals surface area contributed by atoms with E-state index in [2.05, 4.69) is 45.8 Å². The van der Waals surface area contributed by atoms with Gasteiger partial charge in [0.2, 0.25) is 10.0 Å². The molecule has 0 aromatic heterocycles. The zero-order valence-electron chi connectivity index (χ0n) is 17.3. The summed E-state index contributed by atoms with van der Waals surface area (Å²) in [7, 11) is -1.37. The van der Waals surface area contributed by atoms with Crippen molar-refractivity contribution in [1.29, 1.82) is 0 Å². The van der Waals surface area contributed by atoms with Crippen LogP contribution in [0.1, 0.15) is 18.9 Å². The lowest BCUT2D eigenvalue weighted by atomic mass is 10.1. The first-order valence-electron chi connectivity index (χ1n) is 10.2. The minimum atomic E-state index is -3.52. The largest absolute Gasteiger partial charge is 0.494 e. The topological polar surface area (TPSA) is 61.9 Å². The minimum Gasteiger partial charge on any atom is -0.494 e. The zero-order chi connectivity index (χ0) is 20.7. The van der Waals surface area contributed by atoms with Crippen molar-refractivity contribution in [1.82, 2.24) is 9.62 Å². The molecule has 0 amide bonds. The summed E-state index contributed by atoms with van der Waals surface area (Å²) in [6, 6.07) is 15.0. The third-order valence-corrected chi connectivity index (χ3v) is 6.59. The summed E-state index contributed by atoms with van der Waals surface area (Å²) >= 11 is 0. The molecule has 158 valence electrons. The van der Waals surface area contributed by atoms with Crippen molar-refractivity contribution in [3.8, 4) is 5.75 Å². The Morgan fingerprint density at radius 1 is 0.966 bits per heavy atom. The van der Waals surface area contributed by atoms with Crippen LogP contribution in [0.3, 0.4) is 0 Å². The quantitative estimate of drug-likeness (QED) is 0.680. The van der Waals surface area contributed by atoms with Gasteiger partial charge in [0, 0.05) is 38.4 Å². The van der Waals surface area contributed by atoms with Crippen LogP contribution in [0.5, 0.6) is 5.75 Å². The summed E-state index contributed by atoms with van der Waals surface area (Å²) in [5.74, 6) is 0.686. The molecular formula is C22H31N3O3S. The molecule has 1 fully saturated rings. The van der Waals surface area contributed by atoms with E-state index in [1.54, 1.807) is 24.3 Å². The Morgan fingerprint density at radius 2 is 1.62 bits per heavy atom. The van der Waals surface area contributed by atoms with E-state index in [1.165, 1.54) is 5.69 Å². The summed E-state index contributed by atoms with van der Waals surface area (Å²) in [6.45, 7) is 7.26. The first kappa shape index (κ1) is 21.6. The SMILES string of the molecule is CCCOc1ccc(S(=O)(=O)NCCc2ccc(N3CCN(C)CC3)cc2)cc1. The molecule has 0 saturated carbocycles. The highest BCUT2D eigenvalue weighted by atomic mass is 32.2. The van der Waals surface area contributed by atoms with Gasteiger partial charge in [-0.25, -0.2) is 13.1 Å². The number of hydrogen-bond acceptors (Lipinski definition) is 5. The van der Waals surface area contributed by atoms with Crippen molar-refractivity contribution in [2.75, 3.05) is 51.3 Å². The molecule has 29 heavy (non-hydrogen) atoms. The molecule has 0 unspecified atom stereocenters. The van der Waals surface area contributed by atoms with Crippen molar-refractivity contribution in [3.05, 3.63) is 54.1 Å². The minimum absolute atomic E-state index is 0.256. The first-order valence-corrected chi connectivity index (χ1v) is 11.7. The van der Waals surface area contributed by atoms with E-state index >= 15 is 0 Å². The van der Waals surface area contributed by atoms with Crippen LogP contribution in [0.25, 0.3) is 0 Å². The molecule has 1 heterocycles. The normalized spacial score (nSPS) is 15.4. The van der Waals surface area contributed by atoms with Gasteiger partial charge in [0.25, 0.3) is 0 Å². The first-order chi connectivity index (χ1) is 14.0. The highest BCUT2D eigenvalue weighted by Crippen LogP contribution is 2.18. The fourth-order valence-corrected chi connectivity index (χ4v) is 4.32. The standard InChI is InChI=1S/C22H31N3O3S/c1-3-18-28-21-8-10-22(11-9-21)29(26,27)23-13-12-19-4-6-20(7-5-19)25-16-14-24(2)15-17-25/h4-11,23H,3,12-18H2,1-2H3. The molecule has 7 heteroatoms. The Labute approximate surface area is 174 Å². The third-order valence-electron chi connectivity index (χ3n) is 5.12. The highest BCUT2D eigenvalue weighted by molar-refractivity contribution is 7.89. The number of rotatable bonds is 9. The average Bonchev–Trinajstić information content (AvgIpc) is 2.73. The number of nitrogens with zero attached hydrogens (tertiary/aromatic N) is 2. The van der Waals surface area contributed by atoms with Crippen LogP contribution >= 0.6 is 0 Å². The van der Waals surface area contributed by atoms with E-state index in [-0.39, 0.29) is 4.90 Å². The van der Waals surface area contributed by atoms with E-state index in [0.717, 1.165) is 38.2 Å². The number of piperazine rings is 1. The van der Waals surface area contributed by atoms with Gasteiger partial charge in [-0.05, 0) is 61.9 Å². The van der Waals surface area contributed by atoms with Gasteiger partial charge in [-0.3, -0.25) is 0 Å². The van der Waals surface area contributed by atoms with Crippen molar-refractivity contribution in [2.24, 2.45) is 0 Å². The van der Waals surface area contributed by atoms with E-state index in [9.17, 15) is 8.42 Å². The number of hydrogen-bond donors (Lipinski definition) is 1. The van der Waals surface area contributed by atoms with Gasteiger partial charge in [0.05, 0.1) is 11.5 Å². The maximum atomic E-state index is 12.5. The molecule has 6 nitrogen and oxygen atoms in total. The van der Waals surface area contributed by atoms with Gasteiger partial charge in [-0.15, -0.1) is 0 Å². The van der Waals surface area contributed by atoms with Gasteiger partial charge in [-0.1, -0.05) is 19.1 Å². The molecule has 3 rings (SSSR count). The Balaban J connectivity index is 1.49. The molecule has 2 aromatic carbocycles. The molecule has 1 aliphatic rings. The van der Waals surface area contributed by atoms with E-state index < -0.39 is 10.0 Å². The molecule has 2 aromatic rings. The highest BCUT2D eigenvalue weighted by Gasteiger charge is 2.15. The van der Waals surface area contributed by atoms with E-state index in [4.69, 9.17) is 4.74 Å². The van der Waals surface area contributed by atoms with Crippen molar-refractivity contribution in [3.63, 3.8) is 0 Å². The molecule has 0 atom stereocenters. The fourth-order valence-electron chi connectivity index (χ4n) is 3.29. The fraction of sp³-hybridized carbons (Fsp3) is 0.455. The molecular weight excluding hydrogens is 386 g/mol. The average molecular weight is 418 g/mol. The second-order valence-corrected chi connectivity index (χ2v) is 9.19. The number of benzene rings is 2. The Hall–Kier alpha value is -2.09. The van der Waals surface area contributed by atoms with Gasteiger partial charge < -0.3 is 14.5 Å². The second kappa shape index (κ2) is 10.1. The maximum Gasteiger partial charge on any atom is 0.240 e. The molecule has 1 saturated heterocycles. The Kier molecular flexibility index (Phi) is 7.52. The number of ether oxygens (including phenoxy) is 1. The van der Waals surface area contributed by atoms with Crippen LogP contribution in [0, 0.1) is 0 Å². The van der Waals surface area contributed by atoms with E-state index in [0.29, 0.717) is 25.3 Å². The van der Waals surface area contributed by atoms with E-state index in [1.807, 2.05) is 6.92 Å². The van der Waals surface area contributed by atoms with Gasteiger partial charge in [-0.2, -0.15) is 0 Å². The van der Waals surface area contributed by atoms with Gasteiger partial charge in [0.1, 0.15) is 5.75 Å². The summed E-state index contributed by atoms with van der Waals surface area (Å²) in [4.78, 5) is 4.98. The van der Waals surface area contributed by atoms with Crippen molar-refractivity contribution in [2.45, 2.75) is 24.7 Å². The predicted molar refractivity (Wildman–Crippen MR) is 117 cm³/mol. The summed E-state index contributed by atoms with van der Waals surface area (Å²) in [5, 5.41) is 0. The van der Waals surface area contributed by atoms with Crippen LogP contribution in [0.4, 0.5) is 5.69 Å². The van der Waals surface area contributed by atoms with Crippen molar-refractivity contribution >= 4 is 15.7 Å². The molecule has 1 aliphatic heterocycles. The maximum absolute atomic E-state index is 12.5. The van der Waals surface area contributed by atoms with Crippen LogP contribution in [0.15, 0.2) is 53.4 Å². The Morgan fingerprint density at radius 3 is 2.24 bits per heavy atom. The monoisotopic (exact) mass is 417 g/mol. The second-order valence-electron chi connectivity index (χ2n) is 7.42. The Bertz CT molecular complexity index is 859.